The van der Waals surface area contributed by atoms with E-state index in [1.165, 1.54) is 0 Å². The Labute approximate surface area is 111 Å². The average Bonchev–Trinajstić information content (AvgIpc) is 2.71. The van der Waals surface area contributed by atoms with Gasteiger partial charge in [-0.25, -0.2) is 9.78 Å². The normalized spacial score (nSPS) is 10.8. The van der Waals surface area contributed by atoms with Crippen LogP contribution in [0.3, 0.4) is 0 Å². The van der Waals surface area contributed by atoms with Crippen LogP contribution in [0.15, 0.2) is 18.2 Å². The standard InChI is InChI=1S/C13H17N3O3/c1-3-19-12(17)9-4-5-11-10(8-9)15-13(14)16(11)6-7-18-2/h4-5,8H,3,6-7H2,1-2H3,(H2,14,15). The van der Waals surface area contributed by atoms with Gasteiger partial charge in [-0.05, 0) is 25.1 Å². The zero-order chi connectivity index (χ0) is 13.8. The average molecular weight is 263 g/mol. The van der Waals surface area contributed by atoms with Gasteiger partial charge in [0, 0.05) is 13.7 Å². The Kier molecular flexibility index (Phi) is 4.01. The fourth-order valence-electron chi connectivity index (χ4n) is 1.91. The van der Waals surface area contributed by atoms with Crippen LogP contribution in [-0.4, -0.2) is 35.8 Å². The summed E-state index contributed by atoms with van der Waals surface area (Å²) in [6.07, 6.45) is 0. The number of nitrogens with two attached hydrogens (primary N) is 1. The van der Waals surface area contributed by atoms with Crippen molar-refractivity contribution in [3.63, 3.8) is 0 Å². The number of nitrogen functional groups attached to an aromatic ring is 1. The number of imidazole rings is 1. The number of nitrogens with zero attached hydrogens (tertiary/aromatic N) is 2. The molecule has 1 aromatic carbocycles. The van der Waals surface area contributed by atoms with Crippen LogP contribution in [0.2, 0.25) is 0 Å². The maximum absolute atomic E-state index is 11.6. The summed E-state index contributed by atoms with van der Waals surface area (Å²) < 4.78 is 11.8. The van der Waals surface area contributed by atoms with E-state index < -0.39 is 0 Å². The molecule has 19 heavy (non-hydrogen) atoms. The predicted octanol–water partition coefficient (Wildman–Crippen LogP) is 1.44. The molecule has 0 saturated heterocycles. The molecule has 0 radical (unpaired) electrons. The Morgan fingerprint density at radius 1 is 1.47 bits per heavy atom. The summed E-state index contributed by atoms with van der Waals surface area (Å²) in [5.41, 5.74) is 7.89. The van der Waals surface area contributed by atoms with Gasteiger partial charge in [0.2, 0.25) is 5.95 Å². The first-order valence-electron chi connectivity index (χ1n) is 6.09. The molecular formula is C13H17N3O3. The van der Waals surface area contributed by atoms with Crippen molar-refractivity contribution in [2.45, 2.75) is 13.5 Å². The lowest BCUT2D eigenvalue weighted by molar-refractivity contribution is 0.0526. The lowest BCUT2D eigenvalue weighted by Gasteiger charge is -2.05. The number of carbonyl (C=O) groups excluding carboxylic acids is 1. The zero-order valence-corrected chi connectivity index (χ0v) is 11.0. The Hall–Kier alpha value is -2.08. The highest BCUT2D eigenvalue weighted by molar-refractivity contribution is 5.94. The van der Waals surface area contributed by atoms with Gasteiger partial charge in [0.15, 0.2) is 0 Å². The molecule has 2 N–H and O–H groups in total. The first-order chi connectivity index (χ1) is 9.17. The maximum Gasteiger partial charge on any atom is 0.338 e. The van der Waals surface area contributed by atoms with Crippen molar-refractivity contribution in [1.82, 2.24) is 9.55 Å². The van der Waals surface area contributed by atoms with Crippen molar-refractivity contribution in [1.29, 1.82) is 0 Å². The molecule has 0 aliphatic rings. The van der Waals surface area contributed by atoms with Crippen molar-refractivity contribution >= 4 is 23.0 Å². The van der Waals surface area contributed by atoms with Crippen molar-refractivity contribution in [3.8, 4) is 0 Å². The van der Waals surface area contributed by atoms with Gasteiger partial charge in [0.05, 0.1) is 29.8 Å². The highest BCUT2D eigenvalue weighted by atomic mass is 16.5. The van der Waals surface area contributed by atoms with Crippen LogP contribution in [0.4, 0.5) is 5.95 Å². The molecule has 0 bridgehead atoms. The molecule has 0 amide bonds. The maximum atomic E-state index is 11.6. The number of aromatic nitrogens is 2. The van der Waals surface area contributed by atoms with Gasteiger partial charge in [0.25, 0.3) is 0 Å². The quantitative estimate of drug-likeness (QED) is 0.826. The van der Waals surface area contributed by atoms with Crippen molar-refractivity contribution in [2.75, 3.05) is 26.1 Å². The number of fused-ring (bicyclic) bond motifs is 1. The number of methoxy groups -OCH3 is 1. The molecule has 2 rings (SSSR count). The molecule has 0 aliphatic heterocycles. The SMILES string of the molecule is CCOC(=O)c1ccc2c(c1)nc(N)n2CCOC. The third-order valence-electron chi connectivity index (χ3n) is 2.81. The van der Waals surface area contributed by atoms with E-state index in [4.69, 9.17) is 15.2 Å². The van der Waals surface area contributed by atoms with Gasteiger partial charge in [-0.15, -0.1) is 0 Å². The minimum absolute atomic E-state index is 0.349. The van der Waals surface area contributed by atoms with Crippen LogP contribution in [0.5, 0.6) is 0 Å². The lowest BCUT2D eigenvalue weighted by Crippen LogP contribution is -2.07. The van der Waals surface area contributed by atoms with E-state index in [2.05, 4.69) is 4.98 Å². The van der Waals surface area contributed by atoms with Crippen molar-refractivity contribution in [2.24, 2.45) is 0 Å². The molecule has 6 heteroatoms. The Morgan fingerprint density at radius 3 is 2.95 bits per heavy atom. The summed E-state index contributed by atoms with van der Waals surface area (Å²) in [6.45, 7) is 3.29. The lowest BCUT2D eigenvalue weighted by atomic mass is 10.2. The van der Waals surface area contributed by atoms with Crippen LogP contribution in [0.1, 0.15) is 17.3 Å². The zero-order valence-electron chi connectivity index (χ0n) is 11.0. The second kappa shape index (κ2) is 5.71. The van der Waals surface area contributed by atoms with Crippen molar-refractivity contribution in [3.05, 3.63) is 23.8 Å². The predicted molar refractivity (Wildman–Crippen MR) is 72.0 cm³/mol. The van der Waals surface area contributed by atoms with E-state index in [1.54, 1.807) is 26.2 Å². The number of hydrogen-bond donors (Lipinski definition) is 1. The fraction of sp³-hybridized carbons (Fsp3) is 0.385. The molecule has 0 saturated carbocycles. The molecule has 0 atom stereocenters. The molecular weight excluding hydrogens is 246 g/mol. The van der Waals surface area contributed by atoms with Crippen LogP contribution >= 0.6 is 0 Å². The molecule has 0 unspecified atom stereocenters. The summed E-state index contributed by atoms with van der Waals surface area (Å²) in [5.74, 6) is 0.0578. The largest absolute Gasteiger partial charge is 0.462 e. The van der Waals surface area contributed by atoms with Gasteiger partial charge in [-0.3, -0.25) is 0 Å². The highest BCUT2D eigenvalue weighted by Crippen LogP contribution is 2.19. The smallest absolute Gasteiger partial charge is 0.338 e. The second-order valence-electron chi connectivity index (χ2n) is 4.04. The van der Waals surface area contributed by atoms with E-state index in [0.29, 0.717) is 36.8 Å². The highest BCUT2D eigenvalue weighted by Gasteiger charge is 2.12. The van der Waals surface area contributed by atoms with Crippen LogP contribution < -0.4 is 5.73 Å². The summed E-state index contributed by atoms with van der Waals surface area (Å²) >= 11 is 0. The minimum atomic E-state index is -0.352. The summed E-state index contributed by atoms with van der Waals surface area (Å²) in [5, 5.41) is 0. The molecule has 0 aliphatic carbocycles. The second-order valence-corrected chi connectivity index (χ2v) is 4.04. The Bertz CT molecular complexity index is 592. The Balaban J connectivity index is 2.37. The first kappa shape index (κ1) is 13.4. The number of ether oxygens (including phenoxy) is 2. The third kappa shape index (κ3) is 2.68. The monoisotopic (exact) mass is 263 g/mol. The van der Waals surface area contributed by atoms with Crippen molar-refractivity contribution < 1.29 is 14.3 Å². The number of rotatable bonds is 5. The molecule has 102 valence electrons. The number of hydrogen-bond acceptors (Lipinski definition) is 5. The van der Waals surface area contributed by atoms with Gasteiger partial charge < -0.3 is 19.8 Å². The molecule has 0 fully saturated rings. The summed E-state index contributed by atoms with van der Waals surface area (Å²) in [7, 11) is 1.63. The number of carbonyl (C=O) groups is 1. The third-order valence-corrected chi connectivity index (χ3v) is 2.81. The van der Waals surface area contributed by atoms with Crippen LogP contribution in [0.25, 0.3) is 11.0 Å². The van der Waals surface area contributed by atoms with Crippen LogP contribution in [-0.2, 0) is 16.0 Å². The van der Waals surface area contributed by atoms with Crippen LogP contribution in [0, 0.1) is 0 Å². The molecule has 1 aromatic heterocycles. The fourth-order valence-corrected chi connectivity index (χ4v) is 1.91. The van der Waals surface area contributed by atoms with E-state index in [-0.39, 0.29) is 5.97 Å². The molecule has 1 heterocycles. The number of benzene rings is 1. The van der Waals surface area contributed by atoms with E-state index in [1.807, 2.05) is 10.6 Å². The van der Waals surface area contributed by atoms with Gasteiger partial charge in [-0.1, -0.05) is 0 Å². The van der Waals surface area contributed by atoms with Gasteiger partial charge >= 0.3 is 5.97 Å². The molecule has 2 aromatic rings. The van der Waals surface area contributed by atoms with Gasteiger partial charge in [0.1, 0.15) is 0 Å². The summed E-state index contributed by atoms with van der Waals surface area (Å²) in [4.78, 5) is 15.9. The topological polar surface area (TPSA) is 79.4 Å². The van der Waals surface area contributed by atoms with E-state index in [0.717, 1.165) is 5.52 Å². The van der Waals surface area contributed by atoms with E-state index >= 15 is 0 Å². The first-order valence-corrected chi connectivity index (χ1v) is 6.09. The molecule has 0 spiro atoms. The number of anilines is 1. The molecule has 6 nitrogen and oxygen atoms in total. The minimum Gasteiger partial charge on any atom is -0.462 e. The van der Waals surface area contributed by atoms with Gasteiger partial charge in [-0.2, -0.15) is 0 Å². The number of esters is 1. The van der Waals surface area contributed by atoms with E-state index in [9.17, 15) is 4.79 Å². The Morgan fingerprint density at radius 2 is 2.26 bits per heavy atom. The summed E-state index contributed by atoms with van der Waals surface area (Å²) in [6, 6.07) is 5.22.